The fraction of sp³-hybridized carbons (Fsp3) is 0.273. The number of hydrogen-bond acceptors (Lipinski definition) is 1. The van der Waals surface area contributed by atoms with Crippen LogP contribution in [0.1, 0.15) is 18.1 Å². The van der Waals surface area contributed by atoms with E-state index < -0.39 is 18.2 Å². The molecule has 0 aromatic heterocycles. The molecular formula is C11H11F3O. The highest BCUT2D eigenvalue weighted by molar-refractivity contribution is 5.63. The Balaban J connectivity index is 3.15. The van der Waals surface area contributed by atoms with E-state index in [0.29, 0.717) is 16.7 Å². The maximum Gasteiger partial charge on any atom is 0.387 e. The SMILES string of the molecule is C=C(C)c1cc(C)c(OC(F)F)c(F)c1. The van der Waals surface area contributed by atoms with Gasteiger partial charge < -0.3 is 4.74 Å². The summed E-state index contributed by atoms with van der Waals surface area (Å²) in [4.78, 5) is 0. The molecule has 1 rings (SSSR count). The normalized spacial score (nSPS) is 10.5. The van der Waals surface area contributed by atoms with Crippen LogP contribution in [0.3, 0.4) is 0 Å². The van der Waals surface area contributed by atoms with Crippen molar-refractivity contribution in [2.75, 3.05) is 0 Å². The summed E-state index contributed by atoms with van der Waals surface area (Å²) < 4.78 is 41.3. The van der Waals surface area contributed by atoms with Gasteiger partial charge >= 0.3 is 6.61 Å². The highest BCUT2D eigenvalue weighted by atomic mass is 19.3. The van der Waals surface area contributed by atoms with Crippen molar-refractivity contribution in [3.05, 3.63) is 35.7 Å². The molecule has 15 heavy (non-hydrogen) atoms. The van der Waals surface area contributed by atoms with Crippen molar-refractivity contribution in [1.29, 1.82) is 0 Å². The van der Waals surface area contributed by atoms with Crippen molar-refractivity contribution in [3.8, 4) is 5.75 Å². The maximum absolute atomic E-state index is 13.3. The van der Waals surface area contributed by atoms with Gasteiger partial charge in [0.2, 0.25) is 0 Å². The highest BCUT2D eigenvalue weighted by Crippen LogP contribution is 2.27. The van der Waals surface area contributed by atoms with Gasteiger partial charge in [-0.3, -0.25) is 0 Å². The second-order valence-electron chi connectivity index (χ2n) is 3.26. The van der Waals surface area contributed by atoms with Crippen LogP contribution in [0.4, 0.5) is 13.2 Å². The largest absolute Gasteiger partial charge is 0.431 e. The van der Waals surface area contributed by atoms with Gasteiger partial charge in [0.1, 0.15) is 0 Å². The summed E-state index contributed by atoms with van der Waals surface area (Å²) in [5.41, 5.74) is 1.57. The first kappa shape index (κ1) is 11.6. The van der Waals surface area contributed by atoms with E-state index in [2.05, 4.69) is 11.3 Å². The molecule has 0 saturated carbocycles. The molecule has 82 valence electrons. The van der Waals surface area contributed by atoms with E-state index in [-0.39, 0.29) is 0 Å². The Morgan fingerprint density at radius 2 is 2.00 bits per heavy atom. The van der Waals surface area contributed by atoms with Gasteiger partial charge in [0.05, 0.1) is 0 Å². The van der Waals surface area contributed by atoms with E-state index in [0.717, 1.165) is 6.07 Å². The average molecular weight is 216 g/mol. The predicted molar refractivity (Wildman–Crippen MR) is 52.5 cm³/mol. The number of alkyl halides is 2. The molecule has 1 aromatic carbocycles. The van der Waals surface area contributed by atoms with E-state index >= 15 is 0 Å². The average Bonchev–Trinajstić information content (AvgIpc) is 2.10. The van der Waals surface area contributed by atoms with Gasteiger partial charge in [-0.1, -0.05) is 12.2 Å². The third kappa shape index (κ3) is 2.75. The molecule has 0 unspecified atom stereocenters. The molecule has 0 fully saturated rings. The van der Waals surface area contributed by atoms with Crippen molar-refractivity contribution in [2.45, 2.75) is 20.5 Å². The molecule has 0 aliphatic rings. The van der Waals surface area contributed by atoms with Crippen molar-refractivity contribution in [2.24, 2.45) is 0 Å². The van der Waals surface area contributed by atoms with Gasteiger partial charge in [-0.15, -0.1) is 0 Å². The minimum absolute atomic E-state index is 0.327. The molecule has 4 heteroatoms. The molecule has 1 nitrogen and oxygen atoms in total. The Bertz CT molecular complexity index is 362. The molecular weight excluding hydrogens is 205 g/mol. The zero-order chi connectivity index (χ0) is 11.6. The molecule has 0 N–H and O–H groups in total. The first-order valence-corrected chi connectivity index (χ1v) is 4.32. The van der Waals surface area contributed by atoms with Gasteiger partial charge in [0, 0.05) is 0 Å². The first-order chi connectivity index (χ1) is 6.91. The minimum Gasteiger partial charge on any atom is -0.431 e. The summed E-state index contributed by atoms with van der Waals surface area (Å²) in [5.74, 6) is -1.21. The van der Waals surface area contributed by atoms with Crippen molar-refractivity contribution in [3.63, 3.8) is 0 Å². The first-order valence-electron chi connectivity index (χ1n) is 4.32. The summed E-state index contributed by atoms with van der Waals surface area (Å²) in [6.07, 6.45) is 0. The molecule has 0 amide bonds. The number of ether oxygens (including phenoxy) is 1. The third-order valence-corrected chi connectivity index (χ3v) is 1.93. The minimum atomic E-state index is -3.02. The van der Waals surface area contributed by atoms with E-state index in [1.807, 2.05) is 0 Å². The smallest absolute Gasteiger partial charge is 0.387 e. The van der Waals surface area contributed by atoms with Crippen LogP contribution in [0, 0.1) is 12.7 Å². The number of benzene rings is 1. The molecule has 1 aromatic rings. The molecule has 0 saturated heterocycles. The van der Waals surface area contributed by atoms with Gasteiger partial charge in [-0.25, -0.2) is 4.39 Å². The van der Waals surface area contributed by atoms with Crippen LogP contribution in [-0.2, 0) is 0 Å². The van der Waals surface area contributed by atoms with Gasteiger partial charge in [0.25, 0.3) is 0 Å². The van der Waals surface area contributed by atoms with Gasteiger partial charge in [-0.2, -0.15) is 8.78 Å². The lowest BCUT2D eigenvalue weighted by atomic mass is 10.1. The number of allylic oxidation sites excluding steroid dienone is 1. The molecule has 0 bridgehead atoms. The summed E-state index contributed by atoms with van der Waals surface area (Å²) in [5, 5.41) is 0. The van der Waals surface area contributed by atoms with Crippen LogP contribution in [0.5, 0.6) is 5.75 Å². The zero-order valence-corrected chi connectivity index (χ0v) is 8.48. The quantitative estimate of drug-likeness (QED) is 0.747. The molecule has 0 aliphatic carbocycles. The van der Waals surface area contributed by atoms with Crippen LogP contribution >= 0.6 is 0 Å². The summed E-state index contributed by atoms with van der Waals surface area (Å²) in [6.45, 7) is 3.84. The molecule has 0 aliphatic heterocycles. The summed E-state index contributed by atoms with van der Waals surface area (Å²) in [7, 11) is 0. The van der Waals surface area contributed by atoms with E-state index in [1.165, 1.54) is 6.92 Å². The van der Waals surface area contributed by atoms with E-state index in [9.17, 15) is 13.2 Å². The number of halogens is 3. The van der Waals surface area contributed by atoms with Crippen molar-refractivity contribution in [1.82, 2.24) is 0 Å². The van der Waals surface area contributed by atoms with Crippen LogP contribution in [-0.4, -0.2) is 6.61 Å². The zero-order valence-electron chi connectivity index (χ0n) is 8.48. The monoisotopic (exact) mass is 216 g/mol. The van der Waals surface area contributed by atoms with E-state index in [4.69, 9.17) is 0 Å². The van der Waals surface area contributed by atoms with Crippen LogP contribution < -0.4 is 4.74 Å². The Kier molecular flexibility index (Phi) is 3.39. The molecule has 0 atom stereocenters. The lowest BCUT2D eigenvalue weighted by molar-refractivity contribution is -0.0526. The Morgan fingerprint density at radius 1 is 1.40 bits per heavy atom. The molecule has 0 spiro atoms. The second kappa shape index (κ2) is 4.38. The lowest BCUT2D eigenvalue weighted by Crippen LogP contribution is -2.05. The topological polar surface area (TPSA) is 9.23 Å². The standard InChI is InChI=1S/C11H11F3O/c1-6(2)8-4-7(3)10(9(12)5-8)15-11(13)14/h4-5,11H,1H2,2-3H3. The number of aryl methyl sites for hydroxylation is 1. The Morgan fingerprint density at radius 3 is 2.40 bits per heavy atom. The maximum atomic E-state index is 13.3. The summed E-state index contributed by atoms with van der Waals surface area (Å²) >= 11 is 0. The second-order valence-corrected chi connectivity index (χ2v) is 3.26. The fourth-order valence-corrected chi connectivity index (χ4v) is 1.22. The van der Waals surface area contributed by atoms with Crippen LogP contribution in [0.25, 0.3) is 5.57 Å². The lowest BCUT2D eigenvalue weighted by Gasteiger charge is -2.10. The third-order valence-electron chi connectivity index (χ3n) is 1.93. The summed E-state index contributed by atoms with van der Waals surface area (Å²) in [6, 6.07) is 2.69. The van der Waals surface area contributed by atoms with Crippen molar-refractivity contribution >= 4 is 5.57 Å². The highest BCUT2D eigenvalue weighted by Gasteiger charge is 2.14. The van der Waals surface area contributed by atoms with E-state index in [1.54, 1.807) is 13.0 Å². The fourth-order valence-electron chi connectivity index (χ4n) is 1.22. The Labute approximate surface area is 86.2 Å². The van der Waals surface area contributed by atoms with Crippen molar-refractivity contribution < 1.29 is 17.9 Å². The number of hydrogen-bond donors (Lipinski definition) is 0. The number of rotatable bonds is 3. The molecule has 0 heterocycles. The van der Waals surface area contributed by atoms with Gasteiger partial charge in [-0.05, 0) is 37.1 Å². The van der Waals surface area contributed by atoms with Crippen LogP contribution in [0.15, 0.2) is 18.7 Å². The Hall–Kier alpha value is -1.45. The molecule has 0 radical (unpaired) electrons. The van der Waals surface area contributed by atoms with Gasteiger partial charge in [0.15, 0.2) is 11.6 Å². The predicted octanol–water partition coefficient (Wildman–Crippen LogP) is 3.77. The van der Waals surface area contributed by atoms with Crippen LogP contribution in [0.2, 0.25) is 0 Å².